The summed E-state index contributed by atoms with van der Waals surface area (Å²) in [6.07, 6.45) is 1.84. The van der Waals surface area contributed by atoms with Crippen LogP contribution in [0.25, 0.3) is 0 Å². The van der Waals surface area contributed by atoms with Gasteiger partial charge in [0.1, 0.15) is 5.82 Å². The first kappa shape index (κ1) is 11.3. The first-order valence-corrected chi connectivity index (χ1v) is 5.40. The van der Waals surface area contributed by atoms with Gasteiger partial charge in [0, 0.05) is 5.92 Å². The van der Waals surface area contributed by atoms with Crippen molar-refractivity contribution < 1.29 is 14.2 Å². The second-order valence-electron chi connectivity index (χ2n) is 4.03. The van der Waals surface area contributed by atoms with Gasteiger partial charge in [-0.05, 0) is 30.0 Å². The fourth-order valence-electron chi connectivity index (χ4n) is 2.18. The van der Waals surface area contributed by atoms with Gasteiger partial charge < -0.3 is 9.84 Å². The van der Waals surface area contributed by atoms with E-state index in [-0.39, 0.29) is 17.7 Å². The summed E-state index contributed by atoms with van der Waals surface area (Å²) in [5.41, 5.74) is 0.888. The van der Waals surface area contributed by atoms with E-state index in [1.807, 2.05) is 6.08 Å². The van der Waals surface area contributed by atoms with Crippen LogP contribution in [0.2, 0.25) is 0 Å². The van der Waals surface area contributed by atoms with E-state index >= 15 is 0 Å². The fourth-order valence-corrected chi connectivity index (χ4v) is 2.18. The Morgan fingerprint density at radius 1 is 1.38 bits per heavy atom. The van der Waals surface area contributed by atoms with Gasteiger partial charge in [0.25, 0.3) is 0 Å². The highest BCUT2D eigenvalue weighted by atomic mass is 19.1. The standard InChI is InChI=1S/C13H15FO2/c1-2-9-7-8-16-13(15)12(9)10-3-5-11(14)6-4-10/h2-6,9,12-13,15H,1,7-8H2/t9?,12-,13-/m1/s1. The van der Waals surface area contributed by atoms with E-state index in [1.54, 1.807) is 12.1 Å². The highest BCUT2D eigenvalue weighted by Gasteiger charge is 2.32. The molecule has 0 aromatic heterocycles. The summed E-state index contributed by atoms with van der Waals surface area (Å²) in [4.78, 5) is 0. The lowest BCUT2D eigenvalue weighted by Gasteiger charge is -2.34. The Morgan fingerprint density at radius 2 is 2.06 bits per heavy atom. The monoisotopic (exact) mass is 222 g/mol. The van der Waals surface area contributed by atoms with Crippen molar-refractivity contribution in [1.82, 2.24) is 0 Å². The molecule has 1 aliphatic heterocycles. The molecule has 1 fully saturated rings. The van der Waals surface area contributed by atoms with Crippen molar-refractivity contribution in [2.24, 2.45) is 5.92 Å². The van der Waals surface area contributed by atoms with Gasteiger partial charge in [-0.15, -0.1) is 6.58 Å². The molecule has 2 nitrogen and oxygen atoms in total. The number of halogens is 1. The Labute approximate surface area is 94.4 Å². The fraction of sp³-hybridized carbons (Fsp3) is 0.385. The number of aliphatic hydroxyl groups is 1. The number of hydrogen-bond donors (Lipinski definition) is 1. The molecule has 3 atom stereocenters. The molecule has 2 rings (SSSR count). The molecule has 0 radical (unpaired) electrons. The zero-order chi connectivity index (χ0) is 11.5. The Bertz CT molecular complexity index is 361. The minimum absolute atomic E-state index is 0.146. The van der Waals surface area contributed by atoms with Crippen LogP contribution in [0.5, 0.6) is 0 Å². The summed E-state index contributed by atoms with van der Waals surface area (Å²) >= 11 is 0. The van der Waals surface area contributed by atoms with E-state index in [0.29, 0.717) is 6.61 Å². The first-order chi connectivity index (χ1) is 7.72. The highest BCUT2D eigenvalue weighted by molar-refractivity contribution is 5.23. The van der Waals surface area contributed by atoms with Gasteiger partial charge in [0.2, 0.25) is 0 Å². The quantitative estimate of drug-likeness (QED) is 0.779. The smallest absolute Gasteiger partial charge is 0.161 e. The molecule has 86 valence electrons. The van der Waals surface area contributed by atoms with Crippen LogP contribution in [0.4, 0.5) is 4.39 Å². The summed E-state index contributed by atoms with van der Waals surface area (Å²) in [5, 5.41) is 9.83. The van der Waals surface area contributed by atoms with Gasteiger partial charge in [-0.25, -0.2) is 4.39 Å². The molecule has 1 heterocycles. The molecule has 1 N–H and O–H groups in total. The number of rotatable bonds is 2. The lowest BCUT2D eigenvalue weighted by Crippen LogP contribution is -2.33. The summed E-state index contributed by atoms with van der Waals surface area (Å²) in [5.74, 6) is -0.244. The molecule has 1 aliphatic rings. The zero-order valence-corrected chi connectivity index (χ0v) is 8.97. The highest BCUT2D eigenvalue weighted by Crippen LogP contribution is 2.35. The van der Waals surface area contributed by atoms with Gasteiger partial charge in [0.15, 0.2) is 6.29 Å². The van der Waals surface area contributed by atoms with E-state index in [9.17, 15) is 9.50 Å². The summed E-state index contributed by atoms with van der Waals surface area (Å²) < 4.78 is 18.0. The SMILES string of the molecule is C=CC1CCO[C@@H](O)[C@H]1c1ccc(F)cc1. The Balaban J connectivity index is 2.27. The summed E-state index contributed by atoms with van der Waals surface area (Å²) in [6.45, 7) is 4.31. The van der Waals surface area contributed by atoms with Crippen molar-refractivity contribution in [1.29, 1.82) is 0 Å². The molecule has 0 bridgehead atoms. The second kappa shape index (κ2) is 4.76. The van der Waals surface area contributed by atoms with Gasteiger partial charge in [0.05, 0.1) is 6.61 Å². The van der Waals surface area contributed by atoms with Crippen molar-refractivity contribution >= 4 is 0 Å². The van der Waals surface area contributed by atoms with Crippen molar-refractivity contribution in [2.75, 3.05) is 6.61 Å². The molecule has 0 spiro atoms. The van der Waals surface area contributed by atoms with Crippen molar-refractivity contribution in [3.63, 3.8) is 0 Å². The molecule has 16 heavy (non-hydrogen) atoms. The maximum Gasteiger partial charge on any atom is 0.161 e. The maximum absolute atomic E-state index is 12.8. The first-order valence-electron chi connectivity index (χ1n) is 5.40. The van der Waals surface area contributed by atoms with Crippen molar-refractivity contribution in [3.05, 3.63) is 48.3 Å². The zero-order valence-electron chi connectivity index (χ0n) is 8.97. The molecule has 0 saturated carbocycles. The van der Waals surface area contributed by atoms with Gasteiger partial charge in [-0.2, -0.15) is 0 Å². The van der Waals surface area contributed by atoms with Crippen LogP contribution < -0.4 is 0 Å². The van der Waals surface area contributed by atoms with Gasteiger partial charge in [-0.1, -0.05) is 18.2 Å². The lowest BCUT2D eigenvalue weighted by atomic mass is 9.82. The molecule has 1 aromatic rings. The van der Waals surface area contributed by atoms with E-state index in [1.165, 1.54) is 12.1 Å². The normalized spacial score (nSPS) is 30.0. The third kappa shape index (κ3) is 2.15. The van der Waals surface area contributed by atoms with Crippen LogP contribution in [-0.2, 0) is 4.74 Å². The topological polar surface area (TPSA) is 29.5 Å². The Morgan fingerprint density at radius 3 is 2.69 bits per heavy atom. The molecule has 3 heteroatoms. The Kier molecular flexibility index (Phi) is 3.36. The van der Waals surface area contributed by atoms with E-state index < -0.39 is 6.29 Å². The molecular formula is C13H15FO2. The van der Waals surface area contributed by atoms with Crippen LogP contribution in [-0.4, -0.2) is 18.0 Å². The Hall–Kier alpha value is -1.19. The van der Waals surface area contributed by atoms with E-state index in [2.05, 4.69) is 6.58 Å². The molecule has 1 unspecified atom stereocenters. The van der Waals surface area contributed by atoms with Crippen LogP contribution >= 0.6 is 0 Å². The van der Waals surface area contributed by atoms with Crippen LogP contribution in [0.3, 0.4) is 0 Å². The van der Waals surface area contributed by atoms with Crippen LogP contribution in [0, 0.1) is 11.7 Å². The number of aliphatic hydroxyl groups excluding tert-OH is 1. The third-order valence-corrected chi connectivity index (χ3v) is 3.07. The average Bonchev–Trinajstić information content (AvgIpc) is 2.30. The average molecular weight is 222 g/mol. The predicted molar refractivity (Wildman–Crippen MR) is 59.4 cm³/mol. The molecule has 0 amide bonds. The largest absolute Gasteiger partial charge is 0.367 e. The predicted octanol–water partition coefficient (Wildman–Crippen LogP) is 2.45. The summed E-state index contributed by atoms with van der Waals surface area (Å²) in [6, 6.07) is 6.18. The molecular weight excluding hydrogens is 207 g/mol. The number of allylic oxidation sites excluding steroid dienone is 1. The van der Waals surface area contributed by atoms with Crippen molar-refractivity contribution in [2.45, 2.75) is 18.6 Å². The minimum Gasteiger partial charge on any atom is -0.367 e. The second-order valence-corrected chi connectivity index (χ2v) is 4.03. The minimum atomic E-state index is -0.831. The van der Waals surface area contributed by atoms with E-state index in [0.717, 1.165) is 12.0 Å². The molecule has 1 saturated heterocycles. The van der Waals surface area contributed by atoms with Gasteiger partial charge >= 0.3 is 0 Å². The van der Waals surface area contributed by atoms with E-state index in [4.69, 9.17) is 4.74 Å². The summed E-state index contributed by atoms with van der Waals surface area (Å²) in [7, 11) is 0. The van der Waals surface area contributed by atoms with Crippen molar-refractivity contribution in [3.8, 4) is 0 Å². The number of benzene rings is 1. The van der Waals surface area contributed by atoms with Crippen LogP contribution in [0.1, 0.15) is 17.9 Å². The number of hydrogen-bond acceptors (Lipinski definition) is 2. The molecule has 0 aliphatic carbocycles. The van der Waals surface area contributed by atoms with Gasteiger partial charge in [-0.3, -0.25) is 0 Å². The maximum atomic E-state index is 12.8. The van der Waals surface area contributed by atoms with Crippen LogP contribution in [0.15, 0.2) is 36.9 Å². The number of ether oxygens (including phenoxy) is 1. The third-order valence-electron chi connectivity index (χ3n) is 3.07. The molecule has 1 aromatic carbocycles. The lowest BCUT2D eigenvalue weighted by molar-refractivity contribution is -0.148.